The Hall–Kier alpha value is -3.28. The van der Waals surface area contributed by atoms with Gasteiger partial charge in [0.15, 0.2) is 11.4 Å². The van der Waals surface area contributed by atoms with Crippen LogP contribution in [0, 0.1) is 6.92 Å². The van der Waals surface area contributed by atoms with E-state index < -0.39 is 0 Å². The van der Waals surface area contributed by atoms with Crippen molar-refractivity contribution in [2.45, 2.75) is 33.1 Å². The van der Waals surface area contributed by atoms with E-state index in [4.69, 9.17) is 0 Å². The summed E-state index contributed by atoms with van der Waals surface area (Å²) in [5.41, 5.74) is 4.17. The van der Waals surface area contributed by atoms with Gasteiger partial charge in [0.05, 0.1) is 11.3 Å². The first kappa shape index (κ1) is 19.1. The molecule has 2 aromatic heterocycles. The number of likely N-dealkylation sites (tertiary alicyclic amines) is 1. The van der Waals surface area contributed by atoms with E-state index in [1.54, 1.807) is 25.3 Å². The summed E-state index contributed by atoms with van der Waals surface area (Å²) in [5.74, 6) is 0.00841. The highest BCUT2D eigenvalue weighted by molar-refractivity contribution is 6.07. The summed E-state index contributed by atoms with van der Waals surface area (Å²) in [4.78, 5) is 35.7. The number of hydrogen-bond acceptors (Lipinski definition) is 5. The molecule has 29 heavy (non-hydrogen) atoms. The van der Waals surface area contributed by atoms with Crippen LogP contribution in [-0.2, 0) is 0 Å². The zero-order chi connectivity index (χ0) is 20.4. The standard InChI is InChI=1S/C23H24N4O2/c1-15-6-11-19-21(26-18-9-7-17(8-10-18)16(2)28)20(14-24-22(19)25-15)23(29)27-12-4-3-5-13-27/h6-11,14H,3-5,12-13H2,1-2H3,(H,24,25,26). The molecule has 3 heterocycles. The molecule has 1 saturated heterocycles. The molecule has 1 aromatic carbocycles. The summed E-state index contributed by atoms with van der Waals surface area (Å²) >= 11 is 0. The second kappa shape index (κ2) is 7.99. The number of pyridine rings is 2. The molecule has 6 nitrogen and oxygen atoms in total. The van der Waals surface area contributed by atoms with Crippen molar-refractivity contribution in [3.63, 3.8) is 0 Å². The van der Waals surface area contributed by atoms with Gasteiger partial charge in [-0.3, -0.25) is 9.59 Å². The number of nitrogens with zero attached hydrogens (tertiary/aromatic N) is 3. The Morgan fingerprint density at radius 2 is 1.72 bits per heavy atom. The van der Waals surface area contributed by atoms with E-state index in [1.165, 1.54) is 0 Å². The summed E-state index contributed by atoms with van der Waals surface area (Å²) in [6.45, 7) is 5.01. The van der Waals surface area contributed by atoms with Crippen LogP contribution in [0.1, 0.15) is 52.6 Å². The van der Waals surface area contributed by atoms with Crippen LogP contribution in [0.2, 0.25) is 0 Å². The fraction of sp³-hybridized carbons (Fsp3) is 0.304. The molecule has 6 heteroatoms. The highest BCUT2D eigenvalue weighted by atomic mass is 16.2. The first-order chi connectivity index (χ1) is 14.0. The summed E-state index contributed by atoms with van der Waals surface area (Å²) in [6, 6.07) is 11.1. The molecule has 0 bridgehead atoms. The Kier molecular flexibility index (Phi) is 5.25. The van der Waals surface area contributed by atoms with Gasteiger partial charge in [0.1, 0.15) is 0 Å². The molecule has 1 aliphatic heterocycles. The zero-order valence-electron chi connectivity index (χ0n) is 16.7. The highest BCUT2D eigenvalue weighted by Gasteiger charge is 2.23. The van der Waals surface area contributed by atoms with E-state index in [2.05, 4.69) is 15.3 Å². The van der Waals surface area contributed by atoms with Crippen molar-refractivity contribution in [1.82, 2.24) is 14.9 Å². The van der Waals surface area contributed by atoms with Gasteiger partial charge >= 0.3 is 0 Å². The van der Waals surface area contributed by atoms with E-state index in [1.807, 2.05) is 36.1 Å². The average molecular weight is 388 g/mol. The van der Waals surface area contributed by atoms with Gasteiger partial charge in [-0.2, -0.15) is 0 Å². The van der Waals surface area contributed by atoms with Gasteiger partial charge in [-0.05, 0) is 69.5 Å². The smallest absolute Gasteiger partial charge is 0.257 e. The number of benzene rings is 1. The quantitative estimate of drug-likeness (QED) is 0.666. The zero-order valence-corrected chi connectivity index (χ0v) is 16.7. The third kappa shape index (κ3) is 3.97. The lowest BCUT2D eigenvalue weighted by molar-refractivity contribution is 0.0725. The minimum atomic E-state index is -0.0115. The number of rotatable bonds is 4. The molecule has 0 saturated carbocycles. The SMILES string of the molecule is CC(=O)c1ccc(Nc2c(C(=O)N3CCCCC3)cnc3nc(C)ccc23)cc1. The first-order valence-corrected chi connectivity index (χ1v) is 9.96. The number of ketones is 1. The molecule has 1 aliphatic rings. The number of aromatic nitrogens is 2. The van der Waals surface area contributed by atoms with Gasteiger partial charge in [0.2, 0.25) is 0 Å². The topological polar surface area (TPSA) is 75.2 Å². The molecule has 4 rings (SSSR count). The summed E-state index contributed by atoms with van der Waals surface area (Å²) in [5, 5.41) is 4.18. The van der Waals surface area contributed by atoms with Crippen LogP contribution >= 0.6 is 0 Å². The van der Waals surface area contributed by atoms with Crippen LogP contribution in [0.4, 0.5) is 11.4 Å². The minimum Gasteiger partial charge on any atom is -0.354 e. The van der Waals surface area contributed by atoms with Crippen molar-refractivity contribution in [1.29, 1.82) is 0 Å². The van der Waals surface area contributed by atoms with Gasteiger partial charge in [-0.1, -0.05) is 0 Å². The molecule has 1 fully saturated rings. The predicted molar refractivity (Wildman–Crippen MR) is 114 cm³/mol. The van der Waals surface area contributed by atoms with E-state index >= 15 is 0 Å². The lowest BCUT2D eigenvalue weighted by atomic mass is 10.1. The van der Waals surface area contributed by atoms with Crippen LogP contribution in [0.15, 0.2) is 42.6 Å². The summed E-state index contributed by atoms with van der Waals surface area (Å²) < 4.78 is 0. The maximum absolute atomic E-state index is 13.2. The number of Topliss-reactive ketones (excluding diaryl/α,β-unsaturated/α-hetero) is 1. The van der Waals surface area contributed by atoms with Crippen LogP contribution in [-0.4, -0.2) is 39.6 Å². The molecular weight excluding hydrogens is 364 g/mol. The number of anilines is 2. The monoisotopic (exact) mass is 388 g/mol. The molecule has 0 aliphatic carbocycles. The number of aryl methyl sites for hydroxylation is 1. The lowest BCUT2D eigenvalue weighted by Crippen LogP contribution is -2.36. The van der Waals surface area contributed by atoms with Crippen LogP contribution in [0.25, 0.3) is 11.0 Å². The van der Waals surface area contributed by atoms with Crippen LogP contribution < -0.4 is 5.32 Å². The first-order valence-electron chi connectivity index (χ1n) is 9.96. The summed E-state index contributed by atoms with van der Waals surface area (Å²) in [7, 11) is 0. The number of hydrogen-bond donors (Lipinski definition) is 1. The maximum atomic E-state index is 13.2. The van der Waals surface area contributed by atoms with Crippen molar-refractivity contribution >= 4 is 34.1 Å². The van der Waals surface area contributed by atoms with Gasteiger partial charge in [0, 0.05) is 41.6 Å². The van der Waals surface area contributed by atoms with Crippen molar-refractivity contribution in [3.05, 3.63) is 59.4 Å². The molecule has 0 radical (unpaired) electrons. The third-order valence-electron chi connectivity index (χ3n) is 5.30. The Morgan fingerprint density at radius 1 is 1.00 bits per heavy atom. The molecule has 1 amide bonds. The molecule has 1 N–H and O–H groups in total. The second-order valence-corrected chi connectivity index (χ2v) is 7.48. The number of amides is 1. The Labute approximate surface area is 170 Å². The third-order valence-corrected chi connectivity index (χ3v) is 5.30. The molecule has 0 unspecified atom stereocenters. The van der Waals surface area contributed by atoms with E-state index in [-0.39, 0.29) is 11.7 Å². The predicted octanol–water partition coefficient (Wildman–Crippen LogP) is 4.51. The highest BCUT2D eigenvalue weighted by Crippen LogP contribution is 2.30. The fourth-order valence-corrected chi connectivity index (χ4v) is 3.67. The minimum absolute atomic E-state index is 0.0115. The largest absolute Gasteiger partial charge is 0.354 e. The van der Waals surface area contributed by atoms with Crippen molar-refractivity contribution in [2.24, 2.45) is 0 Å². The number of nitrogens with one attached hydrogen (secondary N) is 1. The fourth-order valence-electron chi connectivity index (χ4n) is 3.67. The lowest BCUT2D eigenvalue weighted by Gasteiger charge is -2.27. The van der Waals surface area contributed by atoms with Crippen LogP contribution in [0.3, 0.4) is 0 Å². The van der Waals surface area contributed by atoms with Crippen LogP contribution in [0.5, 0.6) is 0 Å². The second-order valence-electron chi connectivity index (χ2n) is 7.48. The van der Waals surface area contributed by atoms with Crippen molar-refractivity contribution in [3.8, 4) is 0 Å². The van der Waals surface area contributed by atoms with Crippen molar-refractivity contribution < 1.29 is 9.59 Å². The number of carbonyl (C=O) groups excluding carboxylic acids is 2. The number of carbonyl (C=O) groups is 2. The Bertz CT molecular complexity index is 1070. The van der Waals surface area contributed by atoms with Gasteiger partial charge < -0.3 is 10.2 Å². The molecule has 148 valence electrons. The Balaban J connectivity index is 1.77. The molecule has 0 spiro atoms. The molecule has 3 aromatic rings. The number of fused-ring (bicyclic) bond motifs is 1. The van der Waals surface area contributed by atoms with Gasteiger partial charge in [-0.25, -0.2) is 9.97 Å². The maximum Gasteiger partial charge on any atom is 0.257 e. The normalized spacial score (nSPS) is 14.1. The van der Waals surface area contributed by atoms with Gasteiger partial charge in [0.25, 0.3) is 5.91 Å². The van der Waals surface area contributed by atoms with E-state index in [0.717, 1.165) is 49.1 Å². The van der Waals surface area contributed by atoms with Crippen molar-refractivity contribution in [2.75, 3.05) is 18.4 Å². The van der Waals surface area contributed by atoms with E-state index in [9.17, 15) is 9.59 Å². The average Bonchev–Trinajstić information content (AvgIpc) is 2.74. The molecule has 0 atom stereocenters. The number of piperidine rings is 1. The molecular formula is C23H24N4O2. The Morgan fingerprint density at radius 3 is 2.41 bits per heavy atom. The van der Waals surface area contributed by atoms with Gasteiger partial charge in [-0.15, -0.1) is 0 Å². The van der Waals surface area contributed by atoms with E-state index in [0.29, 0.717) is 22.5 Å². The summed E-state index contributed by atoms with van der Waals surface area (Å²) in [6.07, 6.45) is 4.85.